The predicted octanol–water partition coefficient (Wildman–Crippen LogP) is 2.74. The van der Waals surface area contributed by atoms with Crippen LogP contribution >= 0.6 is 0 Å². The van der Waals surface area contributed by atoms with Crippen molar-refractivity contribution >= 4 is 5.97 Å². The van der Waals surface area contributed by atoms with Crippen LogP contribution in [0, 0.1) is 0 Å². The maximum absolute atomic E-state index is 12.5. The molecule has 0 aliphatic rings. The number of halogens is 2. The average Bonchev–Trinajstić information content (AvgIpc) is 2.91. The van der Waals surface area contributed by atoms with Gasteiger partial charge in [-0.2, -0.15) is 13.9 Å². The second kappa shape index (κ2) is 6.97. The van der Waals surface area contributed by atoms with Crippen molar-refractivity contribution in [3.8, 4) is 17.0 Å². The molecule has 0 amide bonds. The van der Waals surface area contributed by atoms with Crippen molar-refractivity contribution in [2.75, 3.05) is 6.61 Å². The van der Waals surface area contributed by atoms with Gasteiger partial charge in [0.25, 0.3) is 0 Å². The highest BCUT2D eigenvalue weighted by atomic mass is 19.3. The Hall–Kier alpha value is -2.51. The van der Waals surface area contributed by atoms with E-state index in [1.54, 1.807) is 6.92 Å². The first-order chi connectivity index (χ1) is 10.6. The normalized spacial score (nSPS) is 10.8. The number of alkyl halides is 2. The number of carbonyl (C=O) groups excluding carboxylic acids is 1. The Kier molecular flexibility index (Phi) is 5.03. The molecule has 2 aromatic heterocycles. The first-order valence-corrected chi connectivity index (χ1v) is 6.71. The Bertz CT molecular complexity index is 659. The number of hydrogen-bond donors (Lipinski definition) is 0. The van der Waals surface area contributed by atoms with Crippen LogP contribution in [0.15, 0.2) is 24.5 Å². The smallest absolute Gasteiger partial charge is 0.387 e. The van der Waals surface area contributed by atoms with E-state index >= 15 is 0 Å². The molecule has 0 bridgehead atoms. The first-order valence-electron chi connectivity index (χ1n) is 6.71. The third-order valence-electron chi connectivity index (χ3n) is 2.84. The summed E-state index contributed by atoms with van der Waals surface area (Å²) in [6.45, 7) is 1.21. The van der Waals surface area contributed by atoms with E-state index in [-0.39, 0.29) is 18.1 Å². The highest BCUT2D eigenvalue weighted by Gasteiger charge is 2.19. The van der Waals surface area contributed by atoms with Gasteiger partial charge in [-0.05, 0) is 26.0 Å². The third-order valence-corrected chi connectivity index (χ3v) is 2.84. The van der Waals surface area contributed by atoms with Gasteiger partial charge in [0.15, 0.2) is 5.69 Å². The van der Waals surface area contributed by atoms with Gasteiger partial charge in [-0.1, -0.05) is 0 Å². The summed E-state index contributed by atoms with van der Waals surface area (Å²) >= 11 is 0. The minimum absolute atomic E-state index is 0.0324. The number of esters is 1. The second-order valence-corrected chi connectivity index (χ2v) is 4.20. The summed E-state index contributed by atoms with van der Waals surface area (Å²) in [5.74, 6) is -0.605. The molecule has 118 valence electrons. The lowest BCUT2D eigenvalue weighted by atomic mass is 10.2. The summed E-state index contributed by atoms with van der Waals surface area (Å²) in [6.07, 6.45) is 2.73. The van der Waals surface area contributed by atoms with Gasteiger partial charge >= 0.3 is 12.6 Å². The number of rotatable bonds is 6. The first kappa shape index (κ1) is 15.9. The van der Waals surface area contributed by atoms with Gasteiger partial charge in [-0.3, -0.25) is 9.67 Å². The van der Waals surface area contributed by atoms with Crippen LogP contribution in [-0.4, -0.2) is 34.0 Å². The fourth-order valence-corrected chi connectivity index (χ4v) is 1.95. The number of hydrogen-bond acceptors (Lipinski definition) is 5. The van der Waals surface area contributed by atoms with E-state index in [1.807, 2.05) is 6.92 Å². The van der Waals surface area contributed by atoms with Gasteiger partial charge in [0.2, 0.25) is 0 Å². The lowest BCUT2D eigenvalue weighted by molar-refractivity contribution is -0.0495. The molecule has 0 unspecified atom stereocenters. The molecule has 0 aliphatic carbocycles. The van der Waals surface area contributed by atoms with Gasteiger partial charge < -0.3 is 9.47 Å². The molecular weight excluding hydrogens is 296 g/mol. The maximum Gasteiger partial charge on any atom is 0.387 e. The van der Waals surface area contributed by atoms with Crippen molar-refractivity contribution in [3.05, 3.63) is 30.2 Å². The molecule has 0 saturated carbocycles. The van der Waals surface area contributed by atoms with Crippen LogP contribution in [0.4, 0.5) is 8.78 Å². The van der Waals surface area contributed by atoms with E-state index in [9.17, 15) is 13.6 Å². The molecule has 0 saturated heterocycles. The Morgan fingerprint density at radius 1 is 1.41 bits per heavy atom. The largest absolute Gasteiger partial charge is 0.461 e. The van der Waals surface area contributed by atoms with Gasteiger partial charge in [0.1, 0.15) is 5.75 Å². The molecule has 0 N–H and O–H groups in total. The molecule has 0 atom stereocenters. The molecule has 0 aliphatic heterocycles. The zero-order valence-corrected chi connectivity index (χ0v) is 12.1. The van der Waals surface area contributed by atoms with Crippen LogP contribution in [0.1, 0.15) is 24.3 Å². The molecule has 0 radical (unpaired) electrons. The molecule has 2 rings (SSSR count). The number of pyridine rings is 1. The summed E-state index contributed by atoms with van der Waals surface area (Å²) in [5, 5.41) is 4.12. The van der Waals surface area contributed by atoms with Crippen molar-refractivity contribution in [2.45, 2.75) is 27.0 Å². The summed E-state index contributed by atoms with van der Waals surface area (Å²) in [7, 11) is 0. The quantitative estimate of drug-likeness (QED) is 0.767. The van der Waals surface area contributed by atoms with Crippen LogP contribution < -0.4 is 4.74 Å². The van der Waals surface area contributed by atoms with E-state index in [0.29, 0.717) is 17.8 Å². The Labute approximate surface area is 125 Å². The van der Waals surface area contributed by atoms with E-state index in [1.165, 1.54) is 29.2 Å². The molecule has 6 nitrogen and oxygen atoms in total. The summed E-state index contributed by atoms with van der Waals surface area (Å²) in [5.41, 5.74) is 0.882. The summed E-state index contributed by atoms with van der Waals surface area (Å²) in [6, 6.07) is 2.80. The SMILES string of the molecule is CCOC(=O)c1cc(-c2cnccc2OC(F)F)n(CC)n1. The summed E-state index contributed by atoms with van der Waals surface area (Å²) < 4.78 is 35.9. The van der Waals surface area contributed by atoms with Crippen LogP contribution in [0.2, 0.25) is 0 Å². The van der Waals surface area contributed by atoms with Crippen molar-refractivity contribution in [2.24, 2.45) is 0 Å². The molecule has 22 heavy (non-hydrogen) atoms. The van der Waals surface area contributed by atoms with E-state index < -0.39 is 12.6 Å². The number of aryl methyl sites for hydroxylation is 1. The van der Waals surface area contributed by atoms with Crippen molar-refractivity contribution in [3.63, 3.8) is 0 Å². The number of carbonyl (C=O) groups is 1. The highest BCUT2D eigenvalue weighted by Crippen LogP contribution is 2.30. The Morgan fingerprint density at radius 2 is 2.18 bits per heavy atom. The third kappa shape index (κ3) is 3.38. The number of nitrogens with zero attached hydrogens (tertiary/aromatic N) is 3. The minimum Gasteiger partial charge on any atom is -0.461 e. The zero-order chi connectivity index (χ0) is 16.1. The van der Waals surface area contributed by atoms with E-state index in [0.717, 1.165) is 0 Å². The number of aromatic nitrogens is 3. The van der Waals surface area contributed by atoms with Gasteiger partial charge in [-0.25, -0.2) is 4.79 Å². The maximum atomic E-state index is 12.5. The van der Waals surface area contributed by atoms with Crippen molar-refractivity contribution in [1.29, 1.82) is 0 Å². The van der Waals surface area contributed by atoms with Crippen LogP contribution in [0.25, 0.3) is 11.3 Å². The highest BCUT2D eigenvalue weighted by molar-refractivity contribution is 5.89. The Morgan fingerprint density at radius 3 is 2.82 bits per heavy atom. The lowest BCUT2D eigenvalue weighted by Gasteiger charge is -2.10. The Balaban J connectivity index is 2.46. The predicted molar refractivity (Wildman–Crippen MR) is 73.7 cm³/mol. The summed E-state index contributed by atoms with van der Waals surface area (Å²) in [4.78, 5) is 15.7. The standard InChI is InChI=1S/C14H15F2N3O3/c1-3-19-11(7-10(18-19)13(20)21-4-2)9-8-17-6-5-12(9)22-14(15)16/h5-8,14H,3-4H2,1-2H3. The molecular formula is C14H15F2N3O3. The average molecular weight is 311 g/mol. The van der Waals surface area contributed by atoms with Crippen LogP contribution in [0.3, 0.4) is 0 Å². The second-order valence-electron chi connectivity index (χ2n) is 4.20. The molecule has 2 aromatic rings. The zero-order valence-electron chi connectivity index (χ0n) is 12.1. The number of ether oxygens (including phenoxy) is 2. The van der Waals surface area contributed by atoms with Gasteiger partial charge in [-0.15, -0.1) is 0 Å². The van der Waals surface area contributed by atoms with Gasteiger partial charge in [0.05, 0.1) is 17.9 Å². The van der Waals surface area contributed by atoms with E-state index in [4.69, 9.17) is 4.74 Å². The van der Waals surface area contributed by atoms with Crippen molar-refractivity contribution < 1.29 is 23.0 Å². The monoisotopic (exact) mass is 311 g/mol. The molecule has 0 spiro atoms. The van der Waals surface area contributed by atoms with Crippen LogP contribution in [-0.2, 0) is 11.3 Å². The fourth-order valence-electron chi connectivity index (χ4n) is 1.95. The fraction of sp³-hybridized carbons (Fsp3) is 0.357. The molecule has 0 aromatic carbocycles. The molecule has 0 fully saturated rings. The van der Waals surface area contributed by atoms with E-state index in [2.05, 4.69) is 14.8 Å². The van der Waals surface area contributed by atoms with Crippen molar-refractivity contribution in [1.82, 2.24) is 14.8 Å². The minimum atomic E-state index is -2.95. The van der Waals surface area contributed by atoms with Gasteiger partial charge in [0, 0.05) is 18.9 Å². The van der Waals surface area contributed by atoms with Crippen LogP contribution in [0.5, 0.6) is 5.75 Å². The topological polar surface area (TPSA) is 66.2 Å². The molecule has 8 heteroatoms. The lowest BCUT2D eigenvalue weighted by Crippen LogP contribution is -2.07. The molecule has 2 heterocycles.